The van der Waals surface area contributed by atoms with Crippen molar-refractivity contribution < 1.29 is 4.79 Å². The molecule has 2 N–H and O–H groups in total. The number of carbonyl (C=O) groups excluding carboxylic acids is 1. The zero-order valence-corrected chi connectivity index (χ0v) is 17.8. The fraction of sp³-hybridized carbons (Fsp3) is 0.296. The summed E-state index contributed by atoms with van der Waals surface area (Å²) in [7, 11) is 0. The largest absolute Gasteiger partial charge is 0.397 e. The first-order chi connectivity index (χ1) is 15.2. The van der Waals surface area contributed by atoms with Crippen LogP contribution in [0.4, 0.5) is 11.4 Å². The zero-order valence-electron chi connectivity index (χ0n) is 17.8. The number of benzene rings is 3. The second-order valence-corrected chi connectivity index (χ2v) is 8.78. The van der Waals surface area contributed by atoms with Crippen LogP contribution in [0.3, 0.4) is 0 Å². The summed E-state index contributed by atoms with van der Waals surface area (Å²) in [6.45, 7) is 2.61. The fourth-order valence-electron chi connectivity index (χ4n) is 5.31. The zero-order chi connectivity index (χ0) is 21.3. The molecule has 1 amide bonds. The van der Waals surface area contributed by atoms with Gasteiger partial charge in [0.25, 0.3) is 5.91 Å². The minimum Gasteiger partial charge on any atom is -0.397 e. The molecule has 2 aliphatic heterocycles. The normalized spacial score (nSPS) is 17.8. The predicted octanol–water partition coefficient (Wildman–Crippen LogP) is 5.21. The number of piperidine rings is 1. The maximum Gasteiger partial charge on any atom is 0.253 e. The van der Waals surface area contributed by atoms with Crippen molar-refractivity contribution in [1.29, 1.82) is 0 Å². The number of likely N-dealkylation sites (tertiary alicyclic amines) is 1. The van der Waals surface area contributed by atoms with Crippen LogP contribution in [0, 0.1) is 0 Å². The van der Waals surface area contributed by atoms with Gasteiger partial charge in [-0.25, -0.2) is 0 Å². The Morgan fingerprint density at radius 3 is 2.16 bits per heavy atom. The number of nitrogens with two attached hydrogens (primary N) is 1. The lowest BCUT2D eigenvalue weighted by molar-refractivity contribution is 0.0672. The predicted molar refractivity (Wildman–Crippen MR) is 127 cm³/mol. The van der Waals surface area contributed by atoms with Crippen molar-refractivity contribution in [3.63, 3.8) is 0 Å². The first-order valence-corrected chi connectivity index (χ1v) is 11.2. The second kappa shape index (κ2) is 8.10. The van der Waals surface area contributed by atoms with Gasteiger partial charge in [-0.3, -0.25) is 4.79 Å². The lowest BCUT2D eigenvalue weighted by Gasteiger charge is -2.46. The van der Waals surface area contributed by atoms with Gasteiger partial charge in [0.2, 0.25) is 0 Å². The molecule has 2 aliphatic rings. The minimum absolute atomic E-state index is 0.0941. The summed E-state index contributed by atoms with van der Waals surface area (Å²) < 4.78 is 0. The number of nitrogens with zero attached hydrogens (tertiary/aromatic N) is 2. The van der Waals surface area contributed by atoms with Crippen molar-refractivity contribution >= 4 is 17.3 Å². The molecule has 31 heavy (non-hydrogen) atoms. The van der Waals surface area contributed by atoms with Crippen molar-refractivity contribution in [3.05, 3.63) is 84.4 Å². The summed E-state index contributed by atoms with van der Waals surface area (Å²) in [6.07, 6.45) is 4.30. The molecule has 0 bridgehead atoms. The molecule has 4 nitrogen and oxygen atoms in total. The van der Waals surface area contributed by atoms with Gasteiger partial charge in [0.05, 0.1) is 11.4 Å². The van der Waals surface area contributed by atoms with Gasteiger partial charge < -0.3 is 15.5 Å². The average molecular weight is 412 g/mol. The topological polar surface area (TPSA) is 49.6 Å². The first-order valence-electron chi connectivity index (χ1n) is 11.2. The van der Waals surface area contributed by atoms with Crippen molar-refractivity contribution in [2.45, 2.75) is 31.2 Å². The summed E-state index contributed by atoms with van der Waals surface area (Å²) >= 11 is 0. The van der Waals surface area contributed by atoms with Gasteiger partial charge in [-0.1, -0.05) is 54.6 Å². The van der Waals surface area contributed by atoms with Crippen LogP contribution in [-0.4, -0.2) is 36.0 Å². The number of carbonyl (C=O) groups is 1. The third kappa shape index (κ3) is 3.67. The molecule has 4 heteroatoms. The van der Waals surface area contributed by atoms with E-state index < -0.39 is 0 Å². The molecule has 3 aromatic carbocycles. The summed E-state index contributed by atoms with van der Waals surface area (Å²) in [4.78, 5) is 17.5. The molecular weight excluding hydrogens is 382 g/mol. The van der Waals surface area contributed by atoms with Gasteiger partial charge in [-0.05, 0) is 61.1 Å². The van der Waals surface area contributed by atoms with Crippen LogP contribution in [0.5, 0.6) is 0 Å². The van der Waals surface area contributed by atoms with Crippen LogP contribution in [0.1, 0.15) is 36.0 Å². The molecule has 3 aromatic rings. The Labute approximate surface area is 184 Å². The average Bonchev–Trinajstić information content (AvgIpc) is 3.23. The number of nitrogen functional groups attached to an aromatic ring is 1. The quantitative estimate of drug-likeness (QED) is 0.602. The monoisotopic (exact) mass is 411 g/mol. The smallest absolute Gasteiger partial charge is 0.253 e. The van der Waals surface area contributed by atoms with E-state index in [-0.39, 0.29) is 11.4 Å². The van der Waals surface area contributed by atoms with Crippen molar-refractivity contribution in [1.82, 2.24) is 4.90 Å². The fourth-order valence-corrected chi connectivity index (χ4v) is 5.31. The standard InChI is InChI=1S/C27H29N3O/c28-24-13-12-23(21-8-3-1-4-9-21)20-25(24)30-17-7-14-27(30)15-18-29(19-16-27)26(31)22-10-5-2-6-11-22/h1-6,8-13,20H,7,14-19,28H2. The molecule has 1 spiro atoms. The Morgan fingerprint density at radius 2 is 1.45 bits per heavy atom. The second-order valence-electron chi connectivity index (χ2n) is 8.78. The van der Waals surface area contributed by atoms with E-state index in [0.717, 1.165) is 55.8 Å². The van der Waals surface area contributed by atoms with Crippen LogP contribution >= 0.6 is 0 Å². The summed E-state index contributed by atoms with van der Waals surface area (Å²) in [5.41, 5.74) is 11.7. The number of anilines is 2. The number of amides is 1. The Balaban J connectivity index is 1.38. The van der Waals surface area contributed by atoms with E-state index in [2.05, 4.69) is 41.3 Å². The van der Waals surface area contributed by atoms with Gasteiger partial charge in [0.1, 0.15) is 0 Å². The Bertz CT molecular complexity index is 1060. The number of rotatable bonds is 3. The summed E-state index contributed by atoms with van der Waals surface area (Å²) in [5, 5.41) is 0. The Kier molecular flexibility index (Phi) is 5.14. The number of hydrogen-bond acceptors (Lipinski definition) is 3. The maximum absolute atomic E-state index is 12.9. The van der Waals surface area contributed by atoms with E-state index in [1.807, 2.05) is 47.4 Å². The number of hydrogen-bond donors (Lipinski definition) is 1. The Hall–Kier alpha value is -3.27. The van der Waals surface area contributed by atoms with Crippen LogP contribution < -0.4 is 10.6 Å². The lowest BCUT2D eigenvalue weighted by Crippen LogP contribution is -2.53. The van der Waals surface area contributed by atoms with E-state index in [4.69, 9.17) is 5.73 Å². The highest BCUT2D eigenvalue weighted by Crippen LogP contribution is 2.44. The Morgan fingerprint density at radius 1 is 0.774 bits per heavy atom. The van der Waals surface area contributed by atoms with Crippen LogP contribution in [0.2, 0.25) is 0 Å². The molecule has 0 radical (unpaired) electrons. The third-order valence-corrected chi connectivity index (χ3v) is 7.03. The van der Waals surface area contributed by atoms with E-state index in [1.165, 1.54) is 17.5 Å². The molecule has 0 aliphatic carbocycles. The molecule has 158 valence electrons. The van der Waals surface area contributed by atoms with Gasteiger partial charge >= 0.3 is 0 Å². The molecule has 0 saturated carbocycles. The molecule has 5 rings (SSSR count). The van der Waals surface area contributed by atoms with Crippen LogP contribution in [-0.2, 0) is 0 Å². The maximum atomic E-state index is 12.9. The highest BCUT2D eigenvalue weighted by atomic mass is 16.2. The molecule has 0 aromatic heterocycles. The first kappa shape index (κ1) is 19.7. The summed E-state index contributed by atoms with van der Waals surface area (Å²) in [5.74, 6) is 0.144. The molecule has 2 heterocycles. The minimum atomic E-state index is 0.0941. The van der Waals surface area contributed by atoms with Crippen LogP contribution in [0.25, 0.3) is 11.1 Å². The van der Waals surface area contributed by atoms with Crippen molar-refractivity contribution in [3.8, 4) is 11.1 Å². The van der Waals surface area contributed by atoms with Gasteiger partial charge in [0.15, 0.2) is 0 Å². The van der Waals surface area contributed by atoms with Gasteiger partial charge in [-0.2, -0.15) is 0 Å². The summed E-state index contributed by atoms with van der Waals surface area (Å²) in [6, 6.07) is 26.5. The van der Waals surface area contributed by atoms with E-state index in [9.17, 15) is 4.79 Å². The lowest BCUT2D eigenvalue weighted by atomic mass is 9.84. The van der Waals surface area contributed by atoms with Crippen molar-refractivity contribution in [2.75, 3.05) is 30.3 Å². The molecule has 2 saturated heterocycles. The molecular formula is C27H29N3O. The highest BCUT2D eigenvalue weighted by molar-refractivity contribution is 5.94. The van der Waals surface area contributed by atoms with Gasteiger partial charge in [0, 0.05) is 30.7 Å². The van der Waals surface area contributed by atoms with E-state index in [0.29, 0.717) is 0 Å². The molecule has 2 fully saturated rings. The molecule has 0 atom stereocenters. The SMILES string of the molecule is Nc1ccc(-c2ccccc2)cc1N1CCCC12CCN(C(=O)c1ccccc1)CC2. The molecule has 0 unspecified atom stereocenters. The van der Waals surface area contributed by atoms with Gasteiger partial charge in [-0.15, -0.1) is 0 Å². The third-order valence-electron chi connectivity index (χ3n) is 7.03. The van der Waals surface area contributed by atoms with Crippen molar-refractivity contribution in [2.24, 2.45) is 0 Å². The van der Waals surface area contributed by atoms with Crippen LogP contribution in [0.15, 0.2) is 78.9 Å². The van der Waals surface area contributed by atoms with E-state index in [1.54, 1.807) is 0 Å². The van der Waals surface area contributed by atoms with E-state index >= 15 is 0 Å². The highest BCUT2D eigenvalue weighted by Gasteiger charge is 2.44.